The standard InChI is InChI=1S/C6H9NS/c1-3-4-5-7-6-8-2/h3-6H,1H2,2H3/b5-4+,7-6?. The van der Waals surface area contributed by atoms with Gasteiger partial charge in [0.2, 0.25) is 0 Å². The molecule has 0 bridgehead atoms. The van der Waals surface area contributed by atoms with Crippen LogP contribution >= 0.6 is 11.8 Å². The Morgan fingerprint density at radius 2 is 2.38 bits per heavy atom. The van der Waals surface area contributed by atoms with Crippen LogP contribution in [0.4, 0.5) is 0 Å². The molecule has 0 aromatic heterocycles. The highest BCUT2D eigenvalue weighted by atomic mass is 32.2. The van der Waals surface area contributed by atoms with Crippen LogP contribution in [0.1, 0.15) is 0 Å². The molecule has 0 fully saturated rings. The number of nitrogens with zero attached hydrogens (tertiary/aromatic N) is 1. The third-order valence-corrected chi connectivity index (χ3v) is 0.807. The predicted molar refractivity (Wildman–Crippen MR) is 41.3 cm³/mol. The number of allylic oxidation sites excluding steroid dienone is 2. The van der Waals surface area contributed by atoms with Crippen LogP contribution in [-0.4, -0.2) is 11.8 Å². The van der Waals surface area contributed by atoms with E-state index in [0.29, 0.717) is 0 Å². The second kappa shape index (κ2) is 6.50. The zero-order valence-electron chi connectivity index (χ0n) is 4.87. The van der Waals surface area contributed by atoms with Gasteiger partial charge in [-0.3, -0.25) is 4.99 Å². The van der Waals surface area contributed by atoms with Crippen molar-refractivity contribution in [3.63, 3.8) is 0 Å². The maximum absolute atomic E-state index is 3.87. The number of hydrogen-bond donors (Lipinski definition) is 0. The van der Waals surface area contributed by atoms with Gasteiger partial charge in [0.1, 0.15) is 0 Å². The fourth-order valence-corrected chi connectivity index (χ4v) is 0.399. The van der Waals surface area contributed by atoms with Crippen molar-refractivity contribution in [2.75, 3.05) is 6.26 Å². The highest BCUT2D eigenvalue weighted by molar-refractivity contribution is 8.11. The lowest BCUT2D eigenvalue weighted by Crippen LogP contribution is -1.54. The molecule has 0 N–H and O–H groups in total. The summed E-state index contributed by atoms with van der Waals surface area (Å²) in [5.41, 5.74) is 1.76. The van der Waals surface area contributed by atoms with E-state index in [4.69, 9.17) is 0 Å². The maximum atomic E-state index is 3.87. The van der Waals surface area contributed by atoms with Crippen molar-refractivity contribution >= 4 is 17.3 Å². The van der Waals surface area contributed by atoms with Gasteiger partial charge in [0.25, 0.3) is 0 Å². The third kappa shape index (κ3) is 5.50. The number of thioether (sulfide) groups is 1. The molecule has 0 aliphatic heterocycles. The molecule has 0 heterocycles. The van der Waals surface area contributed by atoms with Crippen molar-refractivity contribution in [3.8, 4) is 0 Å². The maximum Gasteiger partial charge on any atom is 0.0593 e. The van der Waals surface area contributed by atoms with Crippen LogP contribution in [0.25, 0.3) is 0 Å². The van der Waals surface area contributed by atoms with Crippen LogP contribution in [0, 0.1) is 0 Å². The quantitative estimate of drug-likeness (QED) is 0.321. The van der Waals surface area contributed by atoms with E-state index in [1.807, 2.05) is 6.26 Å². The van der Waals surface area contributed by atoms with Crippen molar-refractivity contribution in [1.29, 1.82) is 0 Å². The minimum atomic E-state index is 1.57. The normalized spacial score (nSPS) is 11.1. The van der Waals surface area contributed by atoms with Gasteiger partial charge in [-0.05, 0) is 12.3 Å². The Hall–Kier alpha value is -0.500. The topological polar surface area (TPSA) is 12.4 Å². The molecule has 1 nitrogen and oxygen atoms in total. The van der Waals surface area contributed by atoms with Crippen LogP contribution < -0.4 is 0 Å². The van der Waals surface area contributed by atoms with E-state index < -0.39 is 0 Å². The second-order valence-electron chi connectivity index (χ2n) is 1.07. The summed E-state index contributed by atoms with van der Waals surface area (Å²) in [7, 11) is 0. The average Bonchev–Trinajstić information content (AvgIpc) is 1.81. The van der Waals surface area contributed by atoms with Gasteiger partial charge in [-0.15, -0.1) is 11.8 Å². The van der Waals surface area contributed by atoms with Crippen LogP contribution in [-0.2, 0) is 0 Å². The van der Waals surface area contributed by atoms with Gasteiger partial charge in [0.15, 0.2) is 0 Å². The van der Waals surface area contributed by atoms with E-state index >= 15 is 0 Å². The Bertz CT molecular complexity index is 105. The Balaban J connectivity index is 3.26. The average molecular weight is 127 g/mol. The SMILES string of the molecule is C=C/C=C/N=CSC. The van der Waals surface area contributed by atoms with Crippen molar-refractivity contribution in [2.45, 2.75) is 0 Å². The molecule has 0 aliphatic carbocycles. The molecule has 0 atom stereocenters. The van der Waals surface area contributed by atoms with Gasteiger partial charge in [0, 0.05) is 6.20 Å². The van der Waals surface area contributed by atoms with Crippen molar-refractivity contribution in [3.05, 3.63) is 24.9 Å². The van der Waals surface area contributed by atoms with Crippen LogP contribution in [0.5, 0.6) is 0 Å². The summed E-state index contributed by atoms with van der Waals surface area (Å²) in [6, 6.07) is 0. The molecule has 8 heavy (non-hydrogen) atoms. The third-order valence-electron chi connectivity index (χ3n) is 0.474. The Morgan fingerprint density at radius 3 is 2.88 bits per heavy atom. The molecule has 0 rings (SSSR count). The highest BCUT2D eigenvalue weighted by Crippen LogP contribution is 1.83. The number of rotatable bonds is 3. The van der Waals surface area contributed by atoms with Crippen LogP contribution in [0.3, 0.4) is 0 Å². The van der Waals surface area contributed by atoms with Crippen molar-refractivity contribution < 1.29 is 0 Å². The van der Waals surface area contributed by atoms with E-state index in [1.54, 1.807) is 35.7 Å². The zero-order chi connectivity index (χ0) is 6.24. The number of hydrogen-bond acceptors (Lipinski definition) is 2. The molecule has 44 valence electrons. The smallest absolute Gasteiger partial charge is 0.0593 e. The molecular formula is C6H9NS. The van der Waals surface area contributed by atoms with E-state index in [2.05, 4.69) is 11.6 Å². The molecule has 0 aromatic carbocycles. The molecule has 0 aliphatic rings. The lowest BCUT2D eigenvalue weighted by Gasteiger charge is -1.72. The van der Waals surface area contributed by atoms with Gasteiger partial charge in [-0.1, -0.05) is 12.7 Å². The van der Waals surface area contributed by atoms with E-state index in [-0.39, 0.29) is 0 Å². The fourth-order valence-electron chi connectivity index (χ4n) is 0.207. The van der Waals surface area contributed by atoms with E-state index in [9.17, 15) is 0 Å². The molecule has 0 amide bonds. The van der Waals surface area contributed by atoms with E-state index in [1.165, 1.54) is 0 Å². The summed E-state index contributed by atoms with van der Waals surface area (Å²) in [4.78, 5) is 3.87. The van der Waals surface area contributed by atoms with E-state index in [0.717, 1.165) is 0 Å². The molecular weight excluding hydrogens is 118 g/mol. The summed E-state index contributed by atoms with van der Waals surface area (Å²) in [6.07, 6.45) is 7.14. The largest absolute Gasteiger partial charge is 0.258 e. The Kier molecular flexibility index (Phi) is 6.09. The summed E-state index contributed by atoms with van der Waals surface area (Å²) >= 11 is 1.57. The predicted octanol–water partition coefficient (Wildman–Crippen LogP) is 2.08. The lowest BCUT2D eigenvalue weighted by molar-refractivity contribution is 1.61. The first-order chi connectivity index (χ1) is 3.91. The summed E-state index contributed by atoms with van der Waals surface area (Å²) < 4.78 is 0. The summed E-state index contributed by atoms with van der Waals surface area (Å²) in [6.45, 7) is 3.49. The fraction of sp³-hybridized carbons (Fsp3) is 0.167. The Morgan fingerprint density at radius 1 is 1.62 bits per heavy atom. The van der Waals surface area contributed by atoms with Gasteiger partial charge in [-0.25, -0.2) is 0 Å². The zero-order valence-corrected chi connectivity index (χ0v) is 5.69. The number of aliphatic imine (C=N–C) groups is 1. The van der Waals surface area contributed by atoms with Gasteiger partial charge >= 0.3 is 0 Å². The molecule has 0 spiro atoms. The molecule has 0 saturated heterocycles. The van der Waals surface area contributed by atoms with Crippen LogP contribution in [0.15, 0.2) is 29.9 Å². The first-order valence-electron chi connectivity index (χ1n) is 2.24. The molecule has 0 radical (unpaired) electrons. The van der Waals surface area contributed by atoms with Crippen molar-refractivity contribution in [1.82, 2.24) is 0 Å². The Labute approximate surface area is 54.2 Å². The highest BCUT2D eigenvalue weighted by Gasteiger charge is 1.59. The van der Waals surface area contributed by atoms with Gasteiger partial charge < -0.3 is 0 Å². The summed E-state index contributed by atoms with van der Waals surface area (Å²) in [5, 5.41) is 0. The molecule has 0 aromatic rings. The first kappa shape index (κ1) is 7.50. The summed E-state index contributed by atoms with van der Waals surface area (Å²) in [5.74, 6) is 0. The first-order valence-corrected chi connectivity index (χ1v) is 3.52. The lowest BCUT2D eigenvalue weighted by atomic mass is 10.6. The van der Waals surface area contributed by atoms with Crippen LogP contribution in [0.2, 0.25) is 0 Å². The van der Waals surface area contributed by atoms with Crippen molar-refractivity contribution in [2.24, 2.45) is 4.99 Å². The molecule has 0 saturated carbocycles. The molecule has 0 unspecified atom stereocenters. The second-order valence-corrected chi connectivity index (χ2v) is 1.75. The van der Waals surface area contributed by atoms with Gasteiger partial charge in [0.05, 0.1) is 5.55 Å². The minimum Gasteiger partial charge on any atom is -0.258 e. The minimum absolute atomic E-state index is 1.57. The molecule has 2 heteroatoms. The monoisotopic (exact) mass is 127 g/mol. The van der Waals surface area contributed by atoms with Gasteiger partial charge in [-0.2, -0.15) is 0 Å².